The van der Waals surface area contributed by atoms with Crippen LogP contribution in [0.15, 0.2) is 0 Å². The molecule has 3 atom stereocenters. The Kier molecular flexibility index (Phi) is 5.17. The van der Waals surface area contributed by atoms with Crippen molar-refractivity contribution in [3.05, 3.63) is 0 Å². The predicted molar refractivity (Wildman–Crippen MR) is 83.4 cm³/mol. The second-order valence-electron chi connectivity index (χ2n) is 7.18. The van der Waals surface area contributed by atoms with Crippen LogP contribution in [0.2, 0.25) is 0 Å². The fourth-order valence-corrected chi connectivity index (χ4v) is 4.76. The number of carbonyl (C=O) groups is 1. The van der Waals surface area contributed by atoms with Crippen molar-refractivity contribution in [2.24, 2.45) is 5.92 Å². The zero-order chi connectivity index (χ0) is 14.7. The fourth-order valence-electron chi connectivity index (χ4n) is 4.76. The molecule has 3 aliphatic rings. The maximum absolute atomic E-state index is 11.6. The van der Waals surface area contributed by atoms with E-state index in [-0.39, 0.29) is 6.04 Å². The van der Waals surface area contributed by atoms with Crippen LogP contribution in [0.3, 0.4) is 0 Å². The first-order valence-electron chi connectivity index (χ1n) is 8.96. The van der Waals surface area contributed by atoms with E-state index in [4.69, 9.17) is 0 Å². The molecule has 0 aromatic rings. The van der Waals surface area contributed by atoms with Gasteiger partial charge in [-0.15, -0.1) is 0 Å². The zero-order valence-electron chi connectivity index (χ0n) is 13.2. The van der Waals surface area contributed by atoms with E-state index in [0.717, 1.165) is 31.8 Å². The molecule has 120 valence electrons. The smallest absolute Gasteiger partial charge is 0.320 e. The van der Waals surface area contributed by atoms with Crippen molar-refractivity contribution in [3.8, 4) is 0 Å². The first-order valence-corrected chi connectivity index (χ1v) is 8.96. The number of carboxylic acids is 1. The van der Waals surface area contributed by atoms with Gasteiger partial charge in [0.05, 0.1) is 0 Å². The molecule has 3 rings (SSSR count). The van der Waals surface area contributed by atoms with Crippen LogP contribution in [0.5, 0.6) is 0 Å². The van der Waals surface area contributed by atoms with Crippen LogP contribution in [-0.4, -0.2) is 59.1 Å². The number of hydrogen-bond acceptors (Lipinski definition) is 3. The van der Waals surface area contributed by atoms with Crippen LogP contribution in [0.25, 0.3) is 0 Å². The van der Waals surface area contributed by atoms with E-state index in [0.29, 0.717) is 6.04 Å². The highest BCUT2D eigenvalue weighted by Gasteiger charge is 2.41. The molecular weight excluding hydrogens is 264 g/mol. The lowest BCUT2D eigenvalue weighted by atomic mass is 9.76. The lowest BCUT2D eigenvalue weighted by molar-refractivity contribution is -0.148. The molecule has 3 fully saturated rings. The first-order chi connectivity index (χ1) is 10.3. The standard InChI is InChI=1S/C17H30N2O2/c20-17(21)16-9-8-14-6-2-3-7-15(14)19(16)13-12-18-10-4-1-5-11-18/h14-16H,1-13H2,(H,20,21). The summed E-state index contributed by atoms with van der Waals surface area (Å²) in [5.74, 6) is 0.161. The molecule has 2 aliphatic heterocycles. The number of carboxylic acid groups (broad SMARTS) is 1. The maximum Gasteiger partial charge on any atom is 0.320 e. The highest BCUT2D eigenvalue weighted by atomic mass is 16.4. The van der Waals surface area contributed by atoms with E-state index in [1.165, 1.54) is 58.0 Å². The van der Waals surface area contributed by atoms with Gasteiger partial charge in [0.2, 0.25) is 0 Å². The summed E-state index contributed by atoms with van der Waals surface area (Å²) in [5, 5.41) is 9.58. The Labute approximate surface area is 128 Å². The lowest BCUT2D eigenvalue weighted by Crippen LogP contribution is -2.56. The van der Waals surface area contributed by atoms with Gasteiger partial charge in [0.15, 0.2) is 0 Å². The Bertz CT molecular complexity index is 355. The molecule has 1 saturated carbocycles. The molecule has 1 aliphatic carbocycles. The first kappa shape index (κ1) is 15.3. The van der Waals surface area contributed by atoms with Gasteiger partial charge in [-0.2, -0.15) is 0 Å². The van der Waals surface area contributed by atoms with Crippen LogP contribution < -0.4 is 0 Å². The average molecular weight is 294 g/mol. The molecule has 4 heteroatoms. The minimum absolute atomic E-state index is 0.228. The minimum atomic E-state index is -0.599. The van der Waals surface area contributed by atoms with E-state index in [1.807, 2.05) is 0 Å². The summed E-state index contributed by atoms with van der Waals surface area (Å²) in [6.07, 6.45) is 11.1. The zero-order valence-corrected chi connectivity index (χ0v) is 13.2. The molecule has 0 aromatic carbocycles. The van der Waals surface area contributed by atoms with E-state index in [9.17, 15) is 9.90 Å². The van der Waals surface area contributed by atoms with Crippen molar-refractivity contribution in [2.45, 2.75) is 69.9 Å². The molecule has 3 unspecified atom stereocenters. The number of aliphatic carboxylic acids is 1. The molecule has 2 saturated heterocycles. The van der Waals surface area contributed by atoms with E-state index < -0.39 is 5.97 Å². The number of piperidine rings is 2. The summed E-state index contributed by atoms with van der Waals surface area (Å²) in [5.41, 5.74) is 0. The van der Waals surface area contributed by atoms with Crippen molar-refractivity contribution in [3.63, 3.8) is 0 Å². The molecule has 4 nitrogen and oxygen atoms in total. The molecule has 1 N–H and O–H groups in total. The highest BCUT2D eigenvalue weighted by molar-refractivity contribution is 5.73. The fraction of sp³-hybridized carbons (Fsp3) is 0.941. The number of hydrogen-bond donors (Lipinski definition) is 1. The lowest BCUT2D eigenvalue weighted by Gasteiger charge is -2.47. The summed E-state index contributed by atoms with van der Waals surface area (Å²) in [6.45, 7) is 4.43. The van der Waals surface area contributed by atoms with Crippen molar-refractivity contribution in [1.82, 2.24) is 9.80 Å². The monoisotopic (exact) mass is 294 g/mol. The minimum Gasteiger partial charge on any atom is -0.480 e. The van der Waals surface area contributed by atoms with Gasteiger partial charge in [-0.3, -0.25) is 9.69 Å². The van der Waals surface area contributed by atoms with E-state index in [1.54, 1.807) is 0 Å². The van der Waals surface area contributed by atoms with Crippen LogP contribution in [0, 0.1) is 5.92 Å². The van der Waals surface area contributed by atoms with Gasteiger partial charge in [-0.25, -0.2) is 0 Å². The van der Waals surface area contributed by atoms with Crippen LogP contribution in [0.1, 0.15) is 57.8 Å². The summed E-state index contributed by atoms with van der Waals surface area (Å²) in [6, 6.07) is 0.313. The summed E-state index contributed by atoms with van der Waals surface area (Å²) < 4.78 is 0. The molecule has 0 radical (unpaired) electrons. The van der Waals surface area contributed by atoms with E-state index >= 15 is 0 Å². The predicted octanol–water partition coefficient (Wildman–Crippen LogP) is 2.58. The summed E-state index contributed by atoms with van der Waals surface area (Å²) in [4.78, 5) is 16.5. The topological polar surface area (TPSA) is 43.8 Å². The van der Waals surface area contributed by atoms with Gasteiger partial charge in [-0.05, 0) is 57.5 Å². The molecule has 0 spiro atoms. The van der Waals surface area contributed by atoms with Crippen LogP contribution in [0.4, 0.5) is 0 Å². The largest absolute Gasteiger partial charge is 0.480 e. The van der Waals surface area contributed by atoms with Crippen LogP contribution in [-0.2, 0) is 4.79 Å². The summed E-state index contributed by atoms with van der Waals surface area (Å²) >= 11 is 0. The Morgan fingerprint density at radius 3 is 2.43 bits per heavy atom. The van der Waals surface area contributed by atoms with Gasteiger partial charge in [0.25, 0.3) is 0 Å². The second kappa shape index (κ2) is 7.10. The molecular formula is C17H30N2O2. The normalized spacial score (nSPS) is 35.3. The summed E-state index contributed by atoms with van der Waals surface area (Å²) in [7, 11) is 0. The van der Waals surface area contributed by atoms with Crippen molar-refractivity contribution in [2.75, 3.05) is 26.2 Å². The van der Waals surface area contributed by atoms with Crippen molar-refractivity contribution in [1.29, 1.82) is 0 Å². The third kappa shape index (κ3) is 3.59. The van der Waals surface area contributed by atoms with Crippen molar-refractivity contribution >= 4 is 5.97 Å². The SMILES string of the molecule is O=C(O)C1CCC2CCCCC2N1CCN1CCCCC1. The Hall–Kier alpha value is -0.610. The maximum atomic E-state index is 11.6. The van der Waals surface area contributed by atoms with Gasteiger partial charge < -0.3 is 10.0 Å². The Morgan fingerprint density at radius 2 is 1.67 bits per heavy atom. The third-order valence-corrected chi connectivity index (χ3v) is 5.91. The molecule has 0 aromatic heterocycles. The molecule has 21 heavy (non-hydrogen) atoms. The third-order valence-electron chi connectivity index (χ3n) is 5.91. The average Bonchev–Trinajstić information content (AvgIpc) is 2.53. The van der Waals surface area contributed by atoms with Crippen LogP contribution >= 0.6 is 0 Å². The Balaban J connectivity index is 1.62. The van der Waals surface area contributed by atoms with E-state index in [2.05, 4.69) is 9.80 Å². The van der Waals surface area contributed by atoms with Gasteiger partial charge in [0.1, 0.15) is 6.04 Å². The quantitative estimate of drug-likeness (QED) is 0.865. The Morgan fingerprint density at radius 1 is 0.905 bits per heavy atom. The number of likely N-dealkylation sites (tertiary alicyclic amines) is 2. The van der Waals surface area contributed by atoms with Gasteiger partial charge in [-0.1, -0.05) is 19.3 Å². The molecule has 0 bridgehead atoms. The van der Waals surface area contributed by atoms with Crippen molar-refractivity contribution < 1.29 is 9.90 Å². The number of rotatable bonds is 4. The van der Waals surface area contributed by atoms with Gasteiger partial charge in [0, 0.05) is 19.1 Å². The molecule has 2 heterocycles. The highest BCUT2D eigenvalue weighted by Crippen LogP contribution is 2.37. The number of nitrogens with zero attached hydrogens (tertiary/aromatic N) is 2. The molecule has 0 amide bonds. The van der Waals surface area contributed by atoms with Gasteiger partial charge >= 0.3 is 5.97 Å². The second-order valence-corrected chi connectivity index (χ2v) is 7.18. The number of fused-ring (bicyclic) bond motifs is 1.